The molecule has 1 aromatic carbocycles. The van der Waals surface area contributed by atoms with Crippen LogP contribution in [0.2, 0.25) is 0 Å². The maximum Gasteiger partial charge on any atom is 0.317 e. The van der Waals surface area contributed by atoms with Gasteiger partial charge >= 0.3 is 6.03 Å². The summed E-state index contributed by atoms with van der Waals surface area (Å²) in [4.78, 5) is 13.6. The molecular weight excluding hydrogens is 296 g/mol. The first-order valence-electron chi connectivity index (χ1n) is 7.77. The van der Waals surface area contributed by atoms with Gasteiger partial charge in [-0.05, 0) is 47.6 Å². The Balaban J connectivity index is 1.46. The fraction of sp³-hybridized carbons (Fsp3) is 0.471. The van der Waals surface area contributed by atoms with E-state index in [0.717, 1.165) is 19.3 Å². The van der Waals surface area contributed by atoms with Crippen LogP contribution in [-0.4, -0.2) is 42.3 Å². The van der Waals surface area contributed by atoms with Crippen molar-refractivity contribution >= 4 is 27.5 Å². The van der Waals surface area contributed by atoms with E-state index in [-0.39, 0.29) is 12.1 Å². The maximum absolute atomic E-state index is 12.0. The largest absolute Gasteiger partial charge is 0.391 e. The lowest BCUT2D eigenvalue weighted by Crippen LogP contribution is -2.42. The van der Waals surface area contributed by atoms with Crippen LogP contribution < -0.4 is 5.32 Å². The lowest BCUT2D eigenvalue weighted by molar-refractivity contribution is 0.113. The molecule has 0 bridgehead atoms. The molecule has 1 aliphatic carbocycles. The van der Waals surface area contributed by atoms with E-state index in [4.69, 9.17) is 0 Å². The molecule has 1 aliphatic rings. The third-order valence-electron chi connectivity index (χ3n) is 4.21. The van der Waals surface area contributed by atoms with E-state index in [1.807, 2.05) is 12.1 Å². The minimum Gasteiger partial charge on any atom is -0.391 e. The molecule has 4 nitrogen and oxygen atoms in total. The smallest absolute Gasteiger partial charge is 0.317 e. The number of thiophene rings is 1. The predicted octanol–water partition coefficient (Wildman–Crippen LogP) is 2.86. The summed E-state index contributed by atoms with van der Waals surface area (Å²) in [5.41, 5.74) is 1.28. The van der Waals surface area contributed by atoms with Crippen molar-refractivity contribution in [3.8, 4) is 0 Å². The molecule has 2 N–H and O–H groups in total. The van der Waals surface area contributed by atoms with E-state index in [1.165, 1.54) is 15.6 Å². The van der Waals surface area contributed by atoms with Crippen LogP contribution in [0.5, 0.6) is 0 Å². The van der Waals surface area contributed by atoms with Crippen molar-refractivity contribution in [2.24, 2.45) is 5.92 Å². The number of benzene rings is 1. The molecule has 1 aromatic heterocycles. The van der Waals surface area contributed by atoms with Crippen molar-refractivity contribution in [2.75, 3.05) is 20.1 Å². The summed E-state index contributed by atoms with van der Waals surface area (Å²) in [6.45, 7) is 1.03. The zero-order valence-electron chi connectivity index (χ0n) is 12.8. The van der Waals surface area contributed by atoms with Crippen LogP contribution in [0.25, 0.3) is 10.1 Å². The van der Waals surface area contributed by atoms with Gasteiger partial charge in [0.25, 0.3) is 0 Å². The summed E-state index contributed by atoms with van der Waals surface area (Å²) in [6, 6.07) is 8.23. The second kappa shape index (κ2) is 6.67. The van der Waals surface area contributed by atoms with Gasteiger partial charge in [0, 0.05) is 24.8 Å². The number of urea groups is 1. The van der Waals surface area contributed by atoms with Crippen LogP contribution >= 0.6 is 11.3 Å². The average Bonchev–Trinajstić information content (AvgIpc) is 3.29. The molecule has 22 heavy (non-hydrogen) atoms. The van der Waals surface area contributed by atoms with Crippen LogP contribution in [0.3, 0.4) is 0 Å². The minimum atomic E-state index is -0.378. The van der Waals surface area contributed by atoms with Crippen LogP contribution in [0.1, 0.15) is 18.4 Å². The monoisotopic (exact) mass is 318 g/mol. The maximum atomic E-state index is 12.0. The van der Waals surface area contributed by atoms with E-state index >= 15 is 0 Å². The highest BCUT2D eigenvalue weighted by Gasteiger charge is 2.31. The van der Waals surface area contributed by atoms with E-state index in [9.17, 15) is 9.90 Å². The van der Waals surface area contributed by atoms with E-state index in [1.54, 1.807) is 23.3 Å². The third-order valence-corrected chi connectivity index (χ3v) is 5.22. The minimum absolute atomic E-state index is 0.112. The Morgan fingerprint density at radius 1 is 1.45 bits per heavy atom. The number of likely N-dealkylation sites (N-methyl/N-ethyl adjacent to an activating group) is 1. The molecule has 0 spiro atoms. The number of aliphatic hydroxyl groups is 1. The van der Waals surface area contributed by atoms with Gasteiger partial charge in [0.2, 0.25) is 0 Å². The molecule has 118 valence electrons. The van der Waals surface area contributed by atoms with Gasteiger partial charge in [-0.3, -0.25) is 0 Å². The second-order valence-electron chi connectivity index (χ2n) is 6.02. The quantitative estimate of drug-likeness (QED) is 0.860. The zero-order valence-corrected chi connectivity index (χ0v) is 13.6. The first-order chi connectivity index (χ1) is 10.6. The van der Waals surface area contributed by atoms with Crippen molar-refractivity contribution in [1.29, 1.82) is 0 Å². The molecule has 0 unspecified atom stereocenters. The standard InChI is InChI=1S/C17H22N2O2S/c1-19(10-15(20)12-6-7-12)17(21)18-9-8-13-11-22-16-5-3-2-4-14(13)16/h2-5,11-12,15,20H,6-10H2,1H3,(H,18,21)/t15-/m0/s1. The topological polar surface area (TPSA) is 52.6 Å². The number of amides is 2. The van der Waals surface area contributed by atoms with Gasteiger partial charge in [-0.2, -0.15) is 0 Å². The average molecular weight is 318 g/mol. The van der Waals surface area contributed by atoms with Crippen LogP contribution in [0.4, 0.5) is 4.79 Å². The Bertz CT molecular complexity index is 651. The van der Waals surface area contributed by atoms with Gasteiger partial charge < -0.3 is 15.3 Å². The summed E-state index contributed by atoms with van der Waals surface area (Å²) in [7, 11) is 1.74. The number of carbonyl (C=O) groups excluding carboxylic acids is 1. The molecule has 0 aliphatic heterocycles. The van der Waals surface area contributed by atoms with Crippen molar-refractivity contribution in [3.63, 3.8) is 0 Å². The summed E-state index contributed by atoms with van der Waals surface area (Å²) in [6.07, 6.45) is 2.62. The second-order valence-corrected chi connectivity index (χ2v) is 6.94. The van der Waals surface area contributed by atoms with Crippen molar-refractivity contribution < 1.29 is 9.90 Å². The van der Waals surface area contributed by atoms with Crippen LogP contribution in [0.15, 0.2) is 29.6 Å². The number of aliphatic hydroxyl groups excluding tert-OH is 1. The van der Waals surface area contributed by atoms with Crippen molar-refractivity contribution in [1.82, 2.24) is 10.2 Å². The summed E-state index contributed by atoms with van der Waals surface area (Å²) >= 11 is 1.74. The number of rotatable bonds is 6. The fourth-order valence-electron chi connectivity index (χ4n) is 2.66. The lowest BCUT2D eigenvalue weighted by Gasteiger charge is -2.21. The highest BCUT2D eigenvalue weighted by atomic mass is 32.1. The number of fused-ring (bicyclic) bond motifs is 1. The molecule has 5 heteroatoms. The van der Waals surface area contributed by atoms with Crippen molar-refractivity contribution in [2.45, 2.75) is 25.4 Å². The van der Waals surface area contributed by atoms with Crippen LogP contribution in [0, 0.1) is 5.92 Å². The van der Waals surface area contributed by atoms with Crippen LogP contribution in [-0.2, 0) is 6.42 Å². The van der Waals surface area contributed by atoms with Gasteiger partial charge in [0.15, 0.2) is 0 Å². The number of nitrogens with one attached hydrogen (secondary N) is 1. The van der Waals surface area contributed by atoms with Gasteiger partial charge in [-0.15, -0.1) is 11.3 Å². The molecule has 1 atom stereocenters. The first-order valence-corrected chi connectivity index (χ1v) is 8.65. The summed E-state index contributed by atoms with van der Waals surface area (Å²) in [5.74, 6) is 0.396. The molecule has 3 rings (SSSR count). The highest BCUT2D eigenvalue weighted by molar-refractivity contribution is 7.17. The summed E-state index contributed by atoms with van der Waals surface area (Å²) < 4.78 is 1.29. The molecule has 2 amide bonds. The highest BCUT2D eigenvalue weighted by Crippen LogP contribution is 2.32. The van der Waals surface area contributed by atoms with Gasteiger partial charge in [0.05, 0.1) is 6.10 Å². The Morgan fingerprint density at radius 2 is 2.23 bits per heavy atom. The zero-order chi connectivity index (χ0) is 15.5. The fourth-order valence-corrected chi connectivity index (χ4v) is 3.66. The first kappa shape index (κ1) is 15.3. The molecular formula is C17H22N2O2S. The SMILES string of the molecule is CN(C[C@H](O)C1CC1)C(=O)NCCc1csc2ccccc12. The molecule has 0 radical (unpaired) electrons. The molecule has 0 saturated heterocycles. The van der Waals surface area contributed by atoms with Gasteiger partial charge in [-0.25, -0.2) is 4.79 Å². The Kier molecular flexibility index (Phi) is 4.64. The normalized spacial score (nSPS) is 15.7. The molecule has 1 saturated carbocycles. The number of carbonyl (C=O) groups is 1. The summed E-state index contributed by atoms with van der Waals surface area (Å²) in [5, 5.41) is 16.3. The van der Waals surface area contributed by atoms with Gasteiger partial charge in [-0.1, -0.05) is 18.2 Å². The van der Waals surface area contributed by atoms with Gasteiger partial charge in [0.1, 0.15) is 0 Å². The number of hydrogen-bond acceptors (Lipinski definition) is 3. The lowest BCUT2D eigenvalue weighted by atomic mass is 10.1. The Labute approximate surface area is 134 Å². The molecule has 1 fully saturated rings. The third kappa shape index (κ3) is 3.59. The molecule has 2 aromatic rings. The Morgan fingerprint density at radius 3 is 3.00 bits per heavy atom. The predicted molar refractivity (Wildman–Crippen MR) is 90.3 cm³/mol. The van der Waals surface area contributed by atoms with E-state index in [2.05, 4.69) is 22.8 Å². The van der Waals surface area contributed by atoms with E-state index in [0.29, 0.717) is 19.0 Å². The molecule has 1 heterocycles. The number of nitrogens with zero attached hydrogens (tertiary/aromatic N) is 1. The Hall–Kier alpha value is -1.59. The van der Waals surface area contributed by atoms with Crippen molar-refractivity contribution in [3.05, 3.63) is 35.2 Å². The number of hydrogen-bond donors (Lipinski definition) is 2. The van der Waals surface area contributed by atoms with E-state index < -0.39 is 0 Å².